The van der Waals surface area contributed by atoms with Crippen molar-refractivity contribution in [2.24, 2.45) is 5.92 Å². The summed E-state index contributed by atoms with van der Waals surface area (Å²) in [4.78, 5) is 51.8. The van der Waals surface area contributed by atoms with E-state index < -0.39 is 50.8 Å². The molecule has 1 aromatic carbocycles. The summed E-state index contributed by atoms with van der Waals surface area (Å²) in [6, 6.07) is 5.93. The molecule has 2 aliphatic carbocycles. The zero-order chi connectivity index (χ0) is 33.5. The summed E-state index contributed by atoms with van der Waals surface area (Å²) in [6.45, 7) is 0.579. The van der Waals surface area contributed by atoms with Crippen molar-refractivity contribution in [3.8, 4) is 22.9 Å². The maximum Gasteiger partial charge on any atom is 0.318 e. The predicted octanol–water partition coefficient (Wildman–Crippen LogP) is 3.51. The van der Waals surface area contributed by atoms with Crippen molar-refractivity contribution < 1.29 is 32.3 Å². The molecule has 4 amide bonds. The molecule has 3 aromatic rings. The molecular weight excluding hydrogens is 657 g/mol. The van der Waals surface area contributed by atoms with Gasteiger partial charge in [0.1, 0.15) is 29.2 Å². The summed E-state index contributed by atoms with van der Waals surface area (Å²) in [5, 5.41) is 7.87. The lowest BCUT2D eigenvalue weighted by atomic mass is 10.1. The van der Waals surface area contributed by atoms with Crippen molar-refractivity contribution in [2.45, 2.75) is 74.3 Å². The predicted molar refractivity (Wildman–Crippen MR) is 179 cm³/mol. The summed E-state index contributed by atoms with van der Waals surface area (Å²) in [6.07, 6.45) is 8.11. The minimum atomic E-state index is -3.83. The van der Waals surface area contributed by atoms with E-state index in [2.05, 4.69) is 20.3 Å². The summed E-state index contributed by atoms with van der Waals surface area (Å²) in [5.41, 5.74) is 2.24. The maximum atomic E-state index is 14.1. The van der Waals surface area contributed by atoms with Crippen LogP contribution in [0.4, 0.5) is 4.79 Å². The van der Waals surface area contributed by atoms with E-state index in [4.69, 9.17) is 14.5 Å². The van der Waals surface area contributed by atoms with Gasteiger partial charge in [0.25, 0.3) is 5.91 Å². The van der Waals surface area contributed by atoms with E-state index >= 15 is 0 Å². The van der Waals surface area contributed by atoms with Gasteiger partial charge in [0.05, 0.1) is 41.3 Å². The van der Waals surface area contributed by atoms with Gasteiger partial charge in [0.15, 0.2) is 0 Å². The lowest BCUT2D eigenvalue weighted by molar-refractivity contribution is -0.131. The highest BCUT2D eigenvalue weighted by atomic mass is 32.2. The number of nitrogens with one attached hydrogen (secondary N) is 3. The van der Waals surface area contributed by atoms with Crippen LogP contribution in [0.15, 0.2) is 47.3 Å². The number of benzene rings is 1. The van der Waals surface area contributed by atoms with Gasteiger partial charge in [-0.1, -0.05) is 18.6 Å². The number of sulfonamides is 1. The molecule has 1 saturated heterocycles. The van der Waals surface area contributed by atoms with Crippen molar-refractivity contribution in [1.29, 1.82) is 0 Å². The molecule has 4 atom stereocenters. The van der Waals surface area contributed by atoms with Crippen LogP contribution in [0, 0.1) is 5.92 Å². The number of nitrogens with zero attached hydrogens (tertiary/aromatic N) is 3. The van der Waals surface area contributed by atoms with Crippen LogP contribution in [0.5, 0.6) is 11.5 Å². The zero-order valence-corrected chi connectivity index (χ0v) is 28.1. The third-order valence-corrected chi connectivity index (χ3v) is 11.9. The fourth-order valence-electron chi connectivity index (χ4n) is 6.49. The van der Waals surface area contributed by atoms with Crippen molar-refractivity contribution in [1.82, 2.24) is 30.2 Å². The van der Waals surface area contributed by atoms with Gasteiger partial charge in [-0.05, 0) is 50.7 Å². The highest BCUT2D eigenvalue weighted by molar-refractivity contribution is 7.91. The normalized spacial score (nSPS) is 27.0. The molecular formula is C33H38N6O7S2. The van der Waals surface area contributed by atoms with E-state index in [-0.39, 0.29) is 25.3 Å². The van der Waals surface area contributed by atoms with Gasteiger partial charge in [-0.15, -0.1) is 11.3 Å². The van der Waals surface area contributed by atoms with Crippen molar-refractivity contribution in [3.05, 3.63) is 47.3 Å². The van der Waals surface area contributed by atoms with Crippen LogP contribution in [0.2, 0.25) is 0 Å². The Labute approximate surface area is 282 Å². The molecule has 0 radical (unpaired) electrons. The first kappa shape index (κ1) is 32.3. The smallest absolute Gasteiger partial charge is 0.318 e. The first-order valence-corrected chi connectivity index (χ1v) is 18.8. The second kappa shape index (κ2) is 13.0. The van der Waals surface area contributed by atoms with Gasteiger partial charge in [0, 0.05) is 41.8 Å². The number of hydrogen-bond donors (Lipinski definition) is 3. The number of carbonyl (C=O) groups is 3. The lowest BCUT2D eigenvalue weighted by Gasteiger charge is -2.26. The first-order chi connectivity index (χ1) is 23.2. The van der Waals surface area contributed by atoms with Crippen LogP contribution in [0.3, 0.4) is 0 Å². The SMILES string of the molecule is COc1ccc2c(O[C@@H]3C[C@H]4C(=O)N[C@]5(C(=O)NS(=O)(=O)C6CC6)C[C@H]5/C=C\CCCCCNC(=O)N4C3)cc(-c3cscn3)nc2c1. The van der Waals surface area contributed by atoms with Gasteiger partial charge < -0.3 is 25.0 Å². The number of amides is 4. The number of ether oxygens (including phenoxy) is 2. The molecule has 2 saturated carbocycles. The molecule has 0 spiro atoms. The Morgan fingerprint density at radius 3 is 2.77 bits per heavy atom. The summed E-state index contributed by atoms with van der Waals surface area (Å²) >= 11 is 1.45. The Hall–Kier alpha value is -4.24. The number of fused-ring (bicyclic) bond motifs is 3. The number of aromatic nitrogens is 2. The monoisotopic (exact) mass is 694 g/mol. The van der Waals surface area contributed by atoms with Crippen molar-refractivity contribution >= 4 is 50.1 Å². The highest BCUT2D eigenvalue weighted by Gasteiger charge is 2.62. The van der Waals surface area contributed by atoms with Gasteiger partial charge in [0.2, 0.25) is 15.9 Å². The van der Waals surface area contributed by atoms with E-state index in [0.29, 0.717) is 47.8 Å². The minimum Gasteiger partial charge on any atom is -0.497 e. The fraction of sp³-hybridized carbons (Fsp3) is 0.485. The third kappa shape index (κ3) is 6.57. The number of thiazole rings is 1. The van der Waals surface area contributed by atoms with Gasteiger partial charge in [-0.3, -0.25) is 14.3 Å². The van der Waals surface area contributed by atoms with Crippen LogP contribution in [0.1, 0.15) is 51.4 Å². The van der Waals surface area contributed by atoms with Gasteiger partial charge in [-0.2, -0.15) is 0 Å². The highest BCUT2D eigenvalue weighted by Crippen LogP contribution is 2.46. The molecule has 7 rings (SSSR count). The van der Waals surface area contributed by atoms with Gasteiger partial charge in [-0.25, -0.2) is 23.2 Å². The van der Waals surface area contributed by atoms with Crippen molar-refractivity contribution in [2.75, 3.05) is 20.2 Å². The second-order valence-electron chi connectivity index (χ2n) is 12.9. The topological polar surface area (TPSA) is 169 Å². The number of methoxy groups -OCH3 is 1. The van der Waals surface area contributed by atoms with Crippen LogP contribution >= 0.6 is 11.3 Å². The Kier molecular flexibility index (Phi) is 8.75. The summed E-state index contributed by atoms with van der Waals surface area (Å²) < 4.78 is 39.6. The lowest BCUT2D eigenvalue weighted by Crippen LogP contribution is -2.57. The Balaban J connectivity index is 1.17. The largest absolute Gasteiger partial charge is 0.497 e. The van der Waals surface area contributed by atoms with E-state index in [1.165, 1.54) is 16.2 Å². The van der Waals surface area contributed by atoms with Crippen LogP contribution in [0.25, 0.3) is 22.3 Å². The Morgan fingerprint density at radius 1 is 1.15 bits per heavy atom. The first-order valence-electron chi connectivity index (χ1n) is 16.3. The zero-order valence-electron chi connectivity index (χ0n) is 26.5. The van der Waals surface area contributed by atoms with Crippen LogP contribution < -0.4 is 24.8 Å². The number of urea groups is 1. The molecule has 2 aliphatic heterocycles. The fourth-order valence-corrected chi connectivity index (χ4v) is 8.40. The number of hydrogen-bond acceptors (Lipinski definition) is 10. The second-order valence-corrected chi connectivity index (χ2v) is 15.5. The molecule has 3 fully saturated rings. The number of allylic oxidation sites excluding steroid dienone is 1. The maximum absolute atomic E-state index is 14.1. The molecule has 15 heteroatoms. The molecule has 0 unspecified atom stereocenters. The van der Waals surface area contributed by atoms with E-state index in [0.717, 1.165) is 31.1 Å². The minimum absolute atomic E-state index is 0.120. The molecule has 2 aromatic heterocycles. The van der Waals surface area contributed by atoms with Crippen LogP contribution in [-0.4, -0.2) is 84.3 Å². The number of carbonyl (C=O) groups excluding carboxylic acids is 3. The van der Waals surface area contributed by atoms with Gasteiger partial charge >= 0.3 is 6.03 Å². The van der Waals surface area contributed by atoms with E-state index in [1.807, 2.05) is 35.7 Å². The summed E-state index contributed by atoms with van der Waals surface area (Å²) in [7, 11) is -2.25. The molecule has 13 nitrogen and oxygen atoms in total. The molecule has 254 valence electrons. The molecule has 4 aliphatic rings. The molecule has 0 bridgehead atoms. The van der Waals surface area contributed by atoms with E-state index in [1.54, 1.807) is 18.7 Å². The van der Waals surface area contributed by atoms with Crippen LogP contribution in [-0.2, 0) is 19.6 Å². The number of rotatable bonds is 7. The quantitative estimate of drug-likeness (QED) is 0.314. The summed E-state index contributed by atoms with van der Waals surface area (Å²) in [5.74, 6) is -0.480. The average molecular weight is 695 g/mol. The molecule has 4 heterocycles. The molecule has 3 N–H and O–H groups in total. The molecule has 48 heavy (non-hydrogen) atoms. The Bertz CT molecular complexity index is 1860. The third-order valence-electron chi connectivity index (χ3n) is 9.45. The Morgan fingerprint density at radius 2 is 2.00 bits per heavy atom. The average Bonchev–Trinajstić information content (AvgIpc) is 3.93. The number of pyridine rings is 1. The standard InChI is InChI=1S/C33H38N6O7S2/c1-45-21-8-11-24-25(13-21)36-26(27-18-47-19-35-27)15-29(24)46-22-14-28-30(40)37-33(31(41)38-48(43,44)23-9-10-23)16-20(33)7-5-3-2-4-6-12-34-32(42)39(28)17-22/h5,7-8,11,13,15,18-20,22-23,28H,2-4,6,9-10,12,14,16-17H2,1H3,(H,34,42)(H,37,40)(H,38,41)/b7-5-/t20-,22-,28+,33-/m1/s1. The van der Waals surface area contributed by atoms with Crippen molar-refractivity contribution in [3.63, 3.8) is 0 Å². The van der Waals surface area contributed by atoms with E-state index in [9.17, 15) is 22.8 Å².